The molecule has 2 rings (SSSR count). The molecule has 6 nitrogen and oxygen atoms in total. The molecule has 1 aliphatic heterocycles. The van der Waals surface area contributed by atoms with Gasteiger partial charge in [0.05, 0.1) is 24.5 Å². The first-order chi connectivity index (χ1) is 9.55. The van der Waals surface area contributed by atoms with Crippen molar-refractivity contribution in [3.63, 3.8) is 0 Å². The van der Waals surface area contributed by atoms with E-state index in [2.05, 4.69) is 0 Å². The third kappa shape index (κ3) is 3.17. The van der Waals surface area contributed by atoms with Crippen molar-refractivity contribution in [3.05, 3.63) is 30.3 Å². The number of esters is 1. The van der Waals surface area contributed by atoms with Crippen LogP contribution in [-0.4, -0.2) is 44.7 Å². The third-order valence-corrected chi connectivity index (χ3v) is 4.84. The van der Waals surface area contributed by atoms with Gasteiger partial charge in [-0.05, 0) is 19.1 Å². The van der Waals surface area contributed by atoms with Crippen LogP contribution in [0.25, 0.3) is 0 Å². The summed E-state index contributed by atoms with van der Waals surface area (Å²) >= 11 is 0. The molecule has 0 spiro atoms. The number of benzene rings is 1. The zero-order chi connectivity index (χ0) is 14.6. The van der Waals surface area contributed by atoms with Crippen LogP contribution in [0.15, 0.2) is 35.2 Å². The van der Waals surface area contributed by atoms with E-state index in [1.54, 1.807) is 25.1 Å². The minimum atomic E-state index is -3.65. The fourth-order valence-electron chi connectivity index (χ4n) is 2.03. The SMILES string of the molecule is CCOC(=O)CC1OCCN1S(=O)(=O)c1ccccc1. The summed E-state index contributed by atoms with van der Waals surface area (Å²) < 4.78 is 36.3. The molecular weight excluding hydrogens is 282 g/mol. The minimum absolute atomic E-state index is 0.0973. The van der Waals surface area contributed by atoms with E-state index >= 15 is 0 Å². The zero-order valence-electron chi connectivity index (χ0n) is 11.2. The van der Waals surface area contributed by atoms with Gasteiger partial charge in [-0.3, -0.25) is 4.79 Å². The maximum absolute atomic E-state index is 12.5. The van der Waals surface area contributed by atoms with Gasteiger partial charge in [-0.1, -0.05) is 18.2 Å². The van der Waals surface area contributed by atoms with Gasteiger partial charge in [-0.2, -0.15) is 4.31 Å². The highest BCUT2D eigenvalue weighted by Gasteiger charge is 2.37. The molecule has 0 N–H and O–H groups in total. The summed E-state index contributed by atoms with van der Waals surface area (Å²) in [6.07, 6.45) is -0.890. The van der Waals surface area contributed by atoms with Crippen LogP contribution in [0.1, 0.15) is 13.3 Å². The Labute approximate surface area is 118 Å². The van der Waals surface area contributed by atoms with Crippen molar-refractivity contribution in [3.8, 4) is 0 Å². The number of nitrogens with zero attached hydrogens (tertiary/aromatic N) is 1. The minimum Gasteiger partial charge on any atom is -0.466 e. The fourth-order valence-corrected chi connectivity index (χ4v) is 3.56. The van der Waals surface area contributed by atoms with Gasteiger partial charge < -0.3 is 9.47 Å². The van der Waals surface area contributed by atoms with Crippen LogP contribution in [0.2, 0.25) is 0 Å². The van der Waals surface area contributed by atoms with Crippen molar-refractivity contribution < 1.29 is 22.7 Å². The van der Waals surface area contributed by atoms with Crippen LogP contribution in [-0.2, 0) is 24.3 Å². The smallest absolute Gasteiger partial charge is 0.309 e. The predicted octanol–water partition coefficient (Wildman–Crippen LogP) is 0.987. The number of ether oxygens (including phenoxy) is 2. The molecule has 1 fully saturated rings. The van der Waals surface area contributed by atoms with E-state index in [-0.39, 0.29) is 31.1 Å². The standard InChI is InChI=1S/C13H17NO5S/c1-2-18-13(15)10-12-14(8-9-19-12)20(16,17)11-6-4-3-5-7-11/h3-7,12H,2,8-10H2,1H3. The van der Waals surface area contributed by atoms with Crippen molar-refractivity contribution in [2.24, 2.45) is 0 Å². The second-order valence-electron chi connectivity index (χ2n) is 4.26. The average Bonchev–Trinajstić information content (AvgIpc) is 2.89. The first kappa shape index (κ1) is 15.0. The average molecular weight is 299 g/mol. The zero-order valence-corrected chi connectivity index (χ0v) is 12.0. The van der Waals surface area contributed by atoms with Crippen LogP contribution < -0.4 is 0 Å². The number of rotatable bonds is 5. The van der Waals surface area contributed by atoms with Crippen LogP contribution >= 0.6 is 0 Å². The van der Waals surface area contributed by atoms with Gasteiger partial charge in [-0.25, -0.2) is 8.42 Å². The van der Waals surface area contributed by atoms with Gasteiger partial charge in [0, 0.05) is 6.54 Å². The summed E-state index contributed by atoms with van der Waals surface area (Å²) in [6.45, 7) is 2.47. The van der Waals surface area contributed by atoms with Gasteiger partial charge in [0.15, 0.2) is 0 Å². The first-order valence-electron chi connectivity index (χ1n) is 6.40. The second kappa shape index (κ2) is 6.34. The molecule has 1 unspecified atom stereocenters. The Morgan fingerprint density at radius 1 is 1.40 bits per heavy atom. The van der Waals surface area contributed by atoms with Crippen LogP contribution in [0.3, 0.4) is 0 Å². The lowest BCUT2D eigenvalue weighted by atomic mass is 10.4. The van der Waals surface area contributed by atoms with Gasteiger partial charge >= 0.3 is 5.97 Å². The Morgan fingerprint density at radius 2 is 2.10 bits per heavy atom. The molecule has 20 heavy (non-hydrogen) atoms. The Kier molecular flexibility index (Phi) is 4.74. The summed E-state index contributed by atoms with van der Waals surface area (Å²) in [4.78, 5) is 11.7. The largest absolute Gasteiger partial charge is 0.466 e. The van der Waals surface area contributed by atoms with E-state index in [1.807, 2.05) is 0 Å². The van der Waals surface area contributed by atoms with Gasteiger partial charge in [0.2, 0.25) is 10.0 Å². The quantitative estimate of drug-likeness (QED) is 0.758. The third-order valence-electron chi connectivity index (χ3n) is 2.94. The van der Waals surface area contributed by atoms with Crippen molar-refractivity contribution in [1.82, 2.24) is 4.31 Å². The van der Waals surface area contributed by atoms with Gasteiger partial charge in [0.25, 0.3) is 0 Å². The molecule has 0 saturated carbocycles. The molecule has 0 bridgehead atoms. The number of carbonyl (C=O) groups excluding carboxylic acids is 1. The molecule has 0 radical (unpaired) electrons. The van der Waals surface area contributed by atoms with E-state index in [0.717, 1.165) is 0 Å². The summed E-state index contributed by atoms with van der Waals surface area (Å²) in [6, 6.07) is 8.11. The number of hydrogen-bond donors (Lipinski definition) is 0. The highest BCUT2D eigenvalue weighted by Crippen LogP contribution is 2.24. The van der Waals surface area contributed by atoms with E-state index < -0.39 is 22.2 Å². The maximum atomic E-state index is 12.5. The first-order valence-corrected chi connectivity index (χ1v) is 7.84. The molecule has 1 atom stereocenters. The molecule has 110 valence electrons. The molecule has 0 amide bonds. The molecule has 1 aliphatic rings. The summed E-state index contributed by atoms with van der Waals surface area (Å²) in [5.41, 5.74) is 0. The number of carbonyl (C=O) groups is 1. The fraction of sp³-hybridized carbons (Fsp3) is 0.462. The number of hydrogen-bond acceptors (Lipinski definition) is 5. The lowest BCUT2D eigenvalue weighted by Crippen LogP contribution is -2.37. The van der Waals surface area contributed by atoms with E-state index in [0.29, 0.717) is 0 Å². The lowest BCUT2D eigenvalue weighted by molar-refractivity contribution is -0.146. The Balaban J connectivity index is 2.16. The second-order valence-corrected chi connectivity index (χ2v) is 6.15. The normalized spacial score (nSPS) is 19.9. The van der Waals surface area contributed by atoms with E-state index in [4.69, 9.17) is 9.47 Å². The highest BCUT2D eigenvalue weighted by atomic mass is 32.2. The molecule has 1 aromatic rings. The van der Waals surface area contributed by atoms with Crippen molar-refractivity contribution in [2.45, 2.75) is 24.5 Å². The topological polar surface area (TPSA) is 72.9 Å². The van der Waals surface area contributed by atoms with Crippen LogP contribution in [0.4, 0.5) is 0 Å². The number of sulfonamides is 1. The monoisotopic (exact) mass is 299 g/mol. The molecule has 0 aliphatic carbocycles. The van der Waals surface area contributed by atoms with E-state index in [9.17, 15) is 13.2 Å². The molecule has 1 saturated heterocycles. The molecule has 1 aromatic carbocycles. The predicted molar refractivity (Wildman–Crippen MR) is 71.3 cm³/mol. The Hall–Kier alpha value is -1.44. The molecular formula is C13H17NO5S. The van der Waals surface area contributed by atoms with E-state index in [1.165, 1.54) is 16.4 Å². The molecule has 1 heterocycles. The van der Waals surface area contributed by atoms with Crippen LogP contribution in [0.5, 0.6) is 0 Å². The van der Waals surface area contributed by atoms with Crippen LogP contribution in [0, 0.1) is 0 Å². The Bertz CT molecular complexity index is 557. The van der Waals surface area contributed by atoms with Crippen molar-refractivity contribution >= 4 is 16.0 Å². The summed E-state index contributed by atoms with van der Waals surface area (Å²) in [5.74, 6) is -0.465. The Morgan fingerprint density at radius 3 is 2.75 bits per heavy atom. The van der Waals surface area contributed by atoms with Crippen molar-refractivity contribution in [2.75, 3.05) is 19.8 Å². The van der Waals surface area contributed by atoms with Crippen molar-refractivity contribution in [1.29, 1.82) is 0 Å². The molecule has 7 heteroatoms. The van der Waals surface area contributed by atoms with Gasteiger partial charge in [0.1, 0.15) is 6.23 Å². The summed E-state index contributed by atoms with van der Waals surface area (Å²) in [7, 11) is -3.65. The lowest BCUT2D eigenvalue weighted by Gasteiger charge is -2.21. The highest BCUT2D eigenvalue weighted by molar-refractivity contribution is 7.89. The molecule has 0 aromatic heterocycles. The summed E-state index contributed by atoms with van der Waals surface area (Å²) in [5, 5.41) is 0. The van der Waals surface area contributed by atoms with Gasteiger partial charge in [-0.15, -0.1) is 0 Å². The maximum Gasteiger partial charge on any atom is 0.309 e.